The van der Waals surface area contributed by atoms with Gasteiger partial charge in [0.25, 0.3) is 0 Å². The van der Waals surface area contributed by atoms with Gasteiger partial charge >= 0.3 is 51.4 Å². The van der Waals surface area contributed by atoms with Crippen molar-refractivity contribution in [1.29, 1.82) is 0 Å². The quantitative estimate of drug-likeness (QED) is 0.421. The van der Waals surface area contributed by atoms with Crippen molar-refractivity contribution in [2.24, 2.45) is 0 Å². The molecular weight excluding hydrogens is 299 g/mol. The Hall–Kier alpha value is 4.30. The standard InChI is InChI=1S/5Cr.K.H/q;;;;;+1;-1. The van der Waals surface area contributed by atoms with Crippen molar-refractivity contribution in [3.8, 4) is 0 Å². The first-order chi connectivity index (χ1) is 0. The van der Waals surface area contributed by atoms with Crippen molar-refractivity contribution in [3.05, 3.63) is 0 Å². The summed E-state index contributed by atoms with van der Waals surface area (Å²) in [4.78, 5) is 0. The van der Waals surface area contributed by atoms with Gasteiger partial charge in [0.1, 0.15) is 0 Å². The van der Waals surface area contributed by atoms with Crippen LogP contribution in [0.2, 0.25) is 0 Å². The summed E-state index contributed by atoms with van der Waals surface area (Å²) in [5, 5.41) is 0. The molecule has 6 heteroatoms. The monoisotopic (exact) mass is 300 g/mol. The molecule has 0 spiro atoms. The Bertz CT molecular complexity index is 8.04. The number of hydrogen-bond donors (Lipinski definition) is 0. The van der Waals surface area contributed by atoms with E-state index in [1.54, 1.807) is 0 Å². The Morgan fingerprint density at radius 1 is 0.500 bits per heavy atom. The van der Waals surface area contributed by atoms with E-state index in [1.165, 1.54) is 0 Å². The molecule has 0 N–H and O–H groups in total. The summed E-state index contributed by atoms with van der Waals surface area (Å²) in [7, 11) is 0. The number of hydrogen-bond acceptors (Lipinski definition) is 0. The molecule has 0 saturated heterocycles. The summed E-state index contributed by atoms with van der Waals surface area (Å²) in [5.74, 6) is 0. The molecule has 0 nitrogen and oxygen atoms in total. The molecule has 0 bridgehead atoms. The molecule has 0 heterocycles. The third kappa shape index (κ3) is 23.9. The molecule has 0 amide bonds. The average Bonchev–Trinajstić information content (AvgIpc) is 0. The van der Waals surface area contributed by atoms with Crippen molar-refractivity contribution < 1.29 is 140 Å². The second-order valence-electron chi connectivity index (χ2n) is 0. The molecule has 0 aliphatic rings. The van der Waals surface area contributed by atoms with Crippen LogP contribution in [-0.4, -0.2) is 0 Å². The zero-order valence-electron chi connectivity index (χ0n) is 4.04. The molecule has 0 aromatic rings. The van der Waals surface area contributed by atoms with E-state index in [2.05, 4.69) is 0 Å². The molecule has 0 aliphatic carbocycles. The fourth-order valence-electron chi connectivity index (χ4n) is 0. The van der Waals surface area contributed by atoms with E-state index in [1.807, 2.05) is 0 Å². The predicted octanol–water partition coefficient (Wildman–Crippen LogP) is -2.90. The minimum absolute atomic E-state index is 0. The first-order valence-corrected chi connectivity index (χ1v) is 0. The Kier molecular flexibility index (Phi) is 278. The fraction of sp³-hybridized carbons (Fsp3) is 0. The summed E-state index contributed by atoms with van der Waals surface area (Å²) >= 11 is 0. The zero-order chi connectivity index (χ0) is 0. The van der Waals surface area contributed by atoms with Gasteiger partial charge in [0.05, 0.1) is 0 Å². The van der Waals surface area contributed by atoms with Crippen LogP contribution in [0.15, 0.2) is 0 Å². The van der Waals surface area contributed by atoms with E-state index >= 15 is 0 Å². The Balaban J connectivity index is 0. The van der Waals surface area contributed by atoms with Crippen LogP contribution in [0.3, 0.4) is 0 Å². The van der Waals surface area contributed by atoms with Crippen LogP contribution in [0.1, 0.15) is 1.43 Å². The smallest absolute Gasteiger partial charge is 1.00 e. The Morgan fingerprint density at radius 2 is 0.500 bits per heavy atom. The third-order valence-corrected chi connectivity index (χ3v) is 0. The first-order valence-electron chi connectivity index (χ1n) is 0. The van der Waals surface area contributed by atoms with Gasteiger partial charge in [-0.25, -0.2) is 0 Å². The van der Waals surface area contributed by atoms with E-state index in [4.69, 9.17) is 0 Å². The van der Waals surface area contributed by atoms with Gasteiger partial charge in [-0.15, -0.1) is 0 Å². The van der Waals surface area contributed by atoms with E-state index in [0.717, 1.165) is 0 Å². The second-order valence-corrected chi connectivity index (χ2v) is 0. The fourth-order valence-corrected chi connectivity index (χ4v) is 0. The van der Waals surface area contributed by atoms with Gasteiger partial charge in [0.15, 0.2) is 0 Å². The molecule has 0 aliphatic heterocycles. The molecule has 32 valence electrons. The SMILES string of the molecule is [Cr].[Cr].[Cr].[Cr].[Cr].[H-].[K+]. The molecule has 0 unspecified atom stereocenters. The largest absolute Gasteiger partial charge is 1.00 e. The van der Waals surface area contributed by atoms with E-state index < -0.39 is 0 Å². The Labute approximate surface area is 136 Å². The van der Waals surface area contributed by atoms with Gasteiger partial charge < -0.3 is 1.43 Å². The van der Waals surface area contributed by atoms with Crippen LogP contribution in [0.25, 0.3) is 0 Å². The van der Waals surface area contributed by atoms with E-state index in [0.29, 0.717) is 0 Å². The van der Waals surface area contributed by atoms with Gasteiger partial charge in [-0.1, -0.05) is 0 Å². The average molecular weight is 300 g/mol. The molecule has 0 aromatic heterocycles. The second kappa shape index (κ2) is 34.7. The molecule has 0 rings (SSSR count). The maximum Gasteiger partial charge on any atom is 1.00 e. The van der Waals surface area contributed by atoms with Crippen LogP contribution in [0, 0.1) is 0 Å². The zero-order valence-corrected chi connectivity index (χ0v) is 12.5. The van der Waals surface area contributed by atoms with Crippen LogP contribution in [0.4, 0.5) is 0 Å². The summed E-state index contributed by atoms with van der Waals surface area (Å²) in [6.45, 7) is 0. The third-order valence-electron chi connectivity index (χ3n) is 0. The molecule has 0 radical (unpaired) electrons. The maximum atomic E-state index is 0. The minimum Gasteiger partial charge on any atom is -1.00 e. The summed E-state index contributed by atoms with van der Waals surface area (Å²) in [6.07, 6.45) is 0. The van der Waals surface area contributed by atoms with Crippen LogP contribution in [-0.2, 0) is 86.8 Å². The van der Waals surface area contributed by atoms with Gasteiger partial charge in [-0.05, 0) is 0 Å². The molecule has 0 atom stereocenters. The van der Waals surface area contributed by atoms with Crippen LogP contribution in [0.5, 0.6) is 0 Å². The Morgan fingerprint density at radius 3 is 0.500 bits per heavy atom. The predicted molar refractivity (Wildman–Crippen MR) is 1.11 cm³/mol. The van der Waals surface area contributed by atoms with Crippen LogP contribution < -0.4 is 51.4 Å². The van der Waals surface area contributed by atoms with Gasteiger partial charge in [-0.2, -0.15) is 0 Å². The first kappa shape index (κ1) is 48.2. The van der Waals surface area contributed by atoms with Crippen molar-refractivity contribution in [2.75, 3.05) is 0 Å². The van der Waals surface area contributed by atoms with Gasteiger partial charge in [0, 0.05) is 86.8 Å². The normalized spacial score (nSPS) is 0. The molecule has 0 aromatic carbocycles. The maximum absolute atomic E-state index is 0. The molecule has 6 heavy (non-hydrogen) atoms. The van der Waals surface area contributed by atoms with Gasteiger partial charge in [-0.3, -0.25) is 0 Å². The van der Waals surface area contributed by atoms with Crippen molar-refractivity contribution in [2.45, 2.75) is 0 Å². The molecule has 0 saturated carbocycles. The van der Waals surface area contributed by atoms with Crippen molar-refractivity contribution in [1.82, 2.24) is 0 Å². The summed E-state index contributed by atoms with van der Waals surface area (Å²) < 4.78 is 0. The molecular formula is HCr5K. The van der Waals surface area contributed by atoms with Crippen molar-refractivity contribution >= 4 is 0 Å². The molecule has 0 fully saturated rings. The van der Waals surface area contributed by atoms with Crippen molar-refractivity contribution in [3.63, 3.8) is 0 Å². The van der Waals surface area contributed by atoms with E-state index in [-0.39, 0.29) is 140 Å². The van der Waals surface area contributed by atoms with E-state index in [9.17, 15) is 0 Å². The number of rotatable bonds is 0. The van der Waals surface area contributed by atoms with Gasteiger partial charge in [0.2, 0.25) is 0 Å². The summed E-state index contributed by atoms with van der Waals surface area (Å²) in [5.41, 5.74) is 0. The van der Waals surface area contributed by atoms with Crippen LogP contribution >= 0.6 is 0 Å². The summed E-state index contributed by atoms with van der Waals surface area (Å²) in [6, 6.07) is 0. The minimum atomic E-state index is 0. The topological polar surface area (TPSA) is 0 Å².